The molecule has 0 spiro atoms. The maximum Gasteiger partial charge on any atom is 0.174 e. The molecule has 0 bridgehead atoms. The number of rotatable bonds is 2. The molecule has 0 unspecified atom stereocenters. The van der Waals surface area contributed by atoms with Crippen LogP contribution in [0.1, 0.15) is 5.82 Å². The molecule has 0 amide bonds. The Bertz CT molecular complexity index is 425. The van der Waals surface area contributed by atoms with Crippen molar-refractivity contribution in [2.45, 2.75) is 16.2 Å². The quantitative estimate of drug-likeness (QED) is 0.852. The molecule has 0 aliphatic carbocycles. The van der Waals surface area contributed by atoms with E-state index in [4.69, 9.17) is 5.11 Å². The maximum atomic E-state index is 9.09. The monoisotopic (exact) mass is 224 g/mol. The number of benzene rings is 1. The van der Waals surface area contributed by atoms with Gasteiger partial charge in [0.1, 0.15) is 11.6 Å². The van der Waals surface area contributed by atoms with E-state index in [1.165, 1.54) is 11.5 Å². The molecule has 1 aromatic carbocycles. The second-order valence-corrected chi connectivity index (χ2v) is 4.78. The largest absolute Gasteiger partial charge is 0.508 e. The number of aryl methyl sites for hydroxylation is 1. The molecule has 1 heterocycles. The number of aromatic nitrogens is 2. The highest BCUT2D eigenvalue weighted by Gasteiger charge is 2.02. The van der Waals surface area contributed by atoms with Crippen LogP contribution in [0.5, 0.6) is 5.75 Å². The van der Waals surface area contributed by atoms with Crippen molar-refractivity contribution in [1.82, 2.24) is 9.36 Å². The molecule has 1 aromatic heterocycles. The molecular weight excluding hydrogens is 216 g/mol. The Kier molecular flexibility index (Phi) is 2.69. The van der Waals surface area contributed by atoms with Crippen LogP contribution in [-0.2, 0) is 0 Å². The molecule has 0 aliphatic heterocycles. The highest BCUT2D eigenvalue weighted by molar-refractivity contribution is 8.01. The minimum Gasteiger partial charge on any atom is -0.508 e. The molecule has 0 aliphatic rings. The van der Waals surface area contributed by atoms with Gasteiger partial charge in [0.2, 0.25) is 0 Å². The lowest BCUT2D eigenvalue weighted by Crippen LogP contribution is -1.73. The standard InChI is InChI=1S/C9H8N2OS2/c1-6-10-9(14-11-6)13-8-4-2-7(12)3-5-8/h2-5,12H,1H3. The Morgan fingerprint density at radius 3 is 2.57 bits per heavy atom. The lowest BCUT2D eigenvalue weighted by atomic mass is 10.3. The van der Waals surface area contributed by atoms with Crippen LogP contribution in [0, 0.1) is 6.92 Å². The molecule has 5 heteroatoms. The van der Waals surface area contributed by atoms with Crippen molar-refractivity contribution >= 4 is 23.3 Å². The van der Waals surface area contributed by atoms with E-state index >= 15 is 0 Å². The van der Waals surface area contributed by atoms with Crippen molar-refractivity contribution in [3.8, 4) is 5.75 Å². The van der Waals surface area contributed by atoms with E-state index in [9.17, 15) is 0 Å². The van der Waals surface area contributed by atoms with Gasteiger partial charge in [-0.2, -0.15) is 4.37 Å². The van der Waals surface area contributed by atoms with Crippen LogP contribution < -0.4 is 0 Å². The third-order valence-corrected chi connectivity index (χ3v) is 3.40. The van der Waals surface area contributed by atoms with E-state index in [-0.39, 0.29) is 5.75 Å². The zero-order valence-corrected chi connectivity index (χ0v) is 9.10. The van der Waals surface area contributed by atoms with Gasteiger partial charge in [-0.1, -0.05) is 11.8 Å². The Labute approximate surface area is 90.0 Å². The molecule has 2 aromatic rings. The van der Waals surface area contributed by atoms with E-state index in [2.05, 4.69) is 9.36 Å². The van der Waals surface area contributed by atoms with Crippen LogP contribution in [-0.4, -0.2) is 14.5 Å². The topological polar surface area (TPSA) is 46.0 Å². The average molecular weight is 224 g/mol. The van der Waals surface area contributed by atoms with Gasteiger partial charge >= 0.3 is 0 Å². The molecule has 0 saturated heterocycles. The fraction of sp³-hybridized carbons (Fsp3) is 0.111. The normalized spacial score (nSPS) is 10.4. The Hall–Kier alpha value is -1.07. The highest BCUT2D eigenvalue weighted by atomic mass is 32.2. The third-order valence-electron chi connectivity index (χ3n) is 1.55. The molecule has 2 rings (SSSR count). The van der Waals surface area contributed by atoms with Gasteiger partial charge in [-0.3, -0.25) is 0 Å². The summed E-state index contributed by atoms with van der Waals surface area (Å²) in [4.78, 5) is 5.29. The number of phenols is 1. The first-order chi connectivity index (χ1) is 6.74. The Balaban J connectivity index is 2.15. The zero-order chi connectivity index (χ0) is 9.97. The van der Waals surface area contributed by atoms with Gasteiger partial charge in [0.05, 0.1) is 0 Å². The highest BCUT2D eigenvalue weighted by Crippen LogP contribution is 2.29. The van der Waals surface area contributed by atoms with Crippen LogP contribution in [0.3, 0.4) is 0 Å². The lowest BCUT2D eigenvalue weighted by Gasteiger charge is -1.96. The maximum absolute atomic E-state index is 9.09. The summed E-state index contributed by atoms with van der Waals surface area (Å²) in [5.74, 6) is 1.08. The summed E-state index contributed by atoms with van der Waals surface area (Å²) >= 11 is 2.94. The van der Waals surface area contributed by atoms with Gasteiger partial charge < -0.3 is 5.11 Å². The van der Waals surface area contributed by atoms with Crippen molar-refractivity contribution in [2.24, 2.45) is 0 Å². The van der Waals surface area contributed by atoms with Crippen LogP contribution in [0.15, 0.2) is 33.5 Å². The summed E-state index contributed by atoms with van der Waals surface area (Å²) in [5, 5.41) is 9.09. The number of aromatic hydroxyl groups is 1. The number of hydrogen-bond acceptors (Lipinski definition) is 5. The predicted octanol–water partition coefficient (Wildman–Crippen LogP) is 2.70. The lowest BCUT2D eigenvalue weighted by molar-refractivity contribution is 0.475. The molecule has 72 valence electrons. The molecule has 0 radical (unpaired) electrons. The first-order valence-electron chi connectivity index (χ1n) is 4.01. The second-order valence-electron chi connectivity index (χ2n) is 2.70. The Morgan fingerprint density at radius 1 is 1.29 bits per heavy atom. The van der Waals surface area contributed by atoms with E-state index < -0.39 is 0 Å². The third kappa shape index (κ3) is 2.24. The summed E-state index contributed by atoms with van der Waals surface area (Å²) in [6.07, 6.45) is 0. The van der Waals surface area contributed by atoms with Crippen LogP contribution in [0.2, 0.25) is 0 Å². The van der Waals surface area contributed by atoms with Crippen molar-refractivity contribution in [3.05, 3.63) is 30.1 Å². The van der Waals surface area contributed by atoms with Crippen LogP contribution >= 0.6 is 23.3 Å². The first-order valence-corrected chi connectivity index (χ1v) is 5.60. The molecule has 1 N–H and O–H groups in total. The van der Waals surface area contributed by atoms with Gasteiger partial charge in [0.25, 0.3) is 0 Å². The molecular formula is C9H8N2OS2. The first kappa shape index (κ1) is 9.48. The molecule has 0 fully saturated rings. The minimum atomic E-state index is 0.280. The summed E-state index contributed by atoms with van der Waals surface area (Å²) in [7, 11) is 0. The van der Waals surface area contributed by atoms with Crippen LogP contribution in [0.4, 0.5) is 0 Å². The average Bonchev–Trinajstić information content (AvgIpc) is 2.56. The number of phenolic OH excluding ortho intramolecular Hbond substituents is 1. The van der Waals surface area contributed by atoms with Crippen LogP contribution in [0.25, 0.3) is 0 Å². The molecule has 0 saturated carbocycles. The smallest absolute Gasteiger partial charge is 0.174 e. The summed E-state index contributed by atoms with van der Waals surface area (Å²) in [6, 6.07) is 7.04. The van der Waals surface area contributed by atoms with E-state index in [1.54, 1.807) is 23.9 Å². The van der Waals surface area contributed by atoms with Gasteiger partial charge in [-0.25, -0.2) is 4.98 Å². The van der Waals surface area contributed by atoms with Gasteiger partial charge in [0.15, 0.2) is 4.34 Å². The van der Waals surface area contributed by atoms with E-state index in [0.29, 0.717) is 0 Å². The summed E-state index contributed by atoms with van der Waals surface area (Å²) in [5.41, 5.74) is 0. The van der Waals surface area contributed by atoms with Crippen molar-refractivity contribution < 1.29 is 5.11 Å². The van der Waals surface area contributed by atoms with Gasteiger partial charge in [0, 0.05) is 4.90 Å². The van der Waals surface area contributed by atoms with Crippen molar-refractivity contribution in [3.63, 3.8) is 0 Å². The fourth-order valence-electron chi connectivity index (χ4n) is 0.934. The number of nitrogens with zero attached hydrogens (tertiary/aromatic N) is 2. The number of hydrogen-bond donors (Lipinski definition) is 1. The Morgan fingerprint density at radius 2 is 2.00 bits per heavy atom. The second kappa shape index (κ2) is 3.98. The SMILES string of the molecule is Cc1nsc(Sc2ccc(O)cc2)n1. The van der Waals surface area contributed by atoms with E-state index in [0.717, 1.165) is 15.1 Å². The zero-order valence-electron chi connectivity index (χ0n) is 7.47. The summed E-state index contributed by atoms with van der Waals surface area (Å²) in [6.45, 7) is 1.87. The summed E-state index contributed by atoms with van der Waals surface area (Å²) < 4.78 is 5.01. The minimum absolute atomic E-state index is 0.280. The van der Waals surface area contributed by atoms with Gasteiger partial charge in [-0.15, -0.1) is 0 Å². The van der Waals surface area contributed by atoms with E-state index in [1.807, 2.05) is 19.1 Å². The van der Waals surface area contributed by atoms with Crippen molar-refractivity contribution in [2.75, 3.05) is 0 Å². The predicted molar refractivity (Wildman–Crippen MR) is 56.9 cm³/mol. The molecule has 0 atom stereocenters. The van der Waals surface area contributed by atoms with Crippen molar-refractivity contribution in [1.29, 1.82) is 0 Å². The molecule has 3 nitrogen and oxygen atoms in total. The molecule has 14 heavy (non-hydrogen) atoms. The fourth-order valence-corrected chi connectivity index (χ4v) is 2.56. The van der Waals surface area contributed by atoms with Gasteiger partial charge in [-0.05, 0) is 42.7 Å².